The number of nitro groups is 1. The van der Waals surface area contributed by atoms with Gasteiger partial charge < -0.3 is 0 Å². The molecule has 0 bridgehead atoms. The summed E-state index contributed by atoms with van der Waals surface area (Å²) in [5.74, 6) is 0. The minimum absolute atomic E-state index is 0.448. The molecule has 1 aromatic carbocycles. The monoisotopic (exact) mass is 271 g/mol. The first kappa shape index (κ1) is 13.4. The Morgan fingerprint density at radius 1 is 1.18 bits per heavy atom. The fourth-order valence-corrected chi connectivity index (χ4v) is 1.72. The Balaban J connectivity index is 3.05. The molecule has 0 atom stereocenters. The van der Waals surface area contributed by atoms with Crippen molar-refractivity contribution in [1.29, 1.82) is 0 Å². The van der Waals surface area contributed by atoms with Crippen molar-refractivity contribution in [2.45, 2.75) is 11.3 Å². The molecule has 1 rings (SSSR count). The quantitative estimate of drug-likeness (QED) is 0.475. The van der Waals surface area contributed by atoms with E-state index in [1.165, 1.54) is 0 Å². The Labute approximate surface area is 92.9 Å². The minimum Gasteiger partial charge on any atom is -0.258 e. The highest BCUT2D eigenvalue weighted by atomic mass is 32.2. The molecule has 0 aromatic heterocycles. The standard InChI is InChI=1S/C7H4F3NO5S/c8-7(9,10)16-17(14,15)6-3-1-5(2-4-6)11(12)13/h1-4H. The lowest BCUT2D eigenvalue weighted by Gasteiger charge is -2.07. The molecule has 1 aromatic rings. The van der Waals surface area contributed by atoms with E-state index in [1.54, 1.807) is 0 Å². The van der Waals surface area contributed by atoms with Crippen LogP contribution >= 0.6 is 0 Å². The number of rotatable bonds is 3. The summed E-state index contributed by atoms with van der Waals surface area (Å²) in [6.45, 7) is 0. The first-order chi connectivity index (χ1) is 7.62. The summed E-state index contributed by atoms with van der Waals surface area (Å²) in [6, 6.07) is 2.82. The first-order valence-corrected chi connectivity index (χ1v) is 5.29. The van der Waals surface area contributed by atoms with Crippen LogP contribution in [0.3, 0.4) is 0 Å². The number of nitro benzene ring substituents is 1. The highest BCUT2D eigenvalue weighted by Gasteiger charge is 2.37. The molecule has 0 aliphatic rings. The third kappa shape index (κ3) is 3.67. The average Bonchev–Trinajstić information content (AvgIpc) is 2.14. The van der Waals surface area contributed by atoms with Crippen molar-refractivity contribution < 1.29 is 30.7 Å². The van der Waals surface area contributed by atoms with Crippen molar-refractivity contribution in [2.75, 3.05) is 0 Å². The Morgan fingerprint density at radius 2 is 1.65 bits per heavy atom. The zero-order chi connectivity index (χ0) is 13.3. The smallest absolute Gasteiger partial charge is 0.258 e. The van der Waals surface area contributed by atoms with E-state index in [2.05, 4.69) is 4.18 Å². The van der Waals surface area contributed by atoms with Crippen LogP contribution in [-0.4, -0.2) is 19.7 Å². The van der Waals surface area contributed by atoms with Gasteiger partial charge >= 0.3 is 16.5 Å². The fourth-order valence-electron chi connectivity index (χ4n) is 0.907. The van der Waals surface area contributed by atoms with Crippen LogP contribution in [0.4, 0.5) is 18.9 Å². The van der Waals surface area contributed by atoms with Crippen molar-refractivity contribution in [3.8, 4) is 0 Å². The second-order valence-electron chi connectivity index (χ2n) is 2.73. The van der Waals surface area contributed by atoms with Gasteiger partial charge in [-0.25, -0.2) is 0 Å². The molecule has 0 N–H and O–H groups in total. The molecule has 10 heteroatoms. The van der Waals surface area contributed by atoms with Crippen LogP contribution in [0.25, 0.3) is 0 Å². The molecule has 0 spiro atoms. The number of non-ortho nitro benzene ring substituents is 1. The molecule has 0 amide bonds. The summed E-state index contributed by atoms with van der Waals surface area (Å²) in [5, 5.41) is 10.2. The summed E-state index contributed by atoms with van der Waals surface area (Å²) in [4.78, 5) is 8.60. The molecule has 0 unspecified atom stereocenters. The predicted molar refractivity (Wildman–Crippen MR) is 47.4 cm³/mol. The zero-order valence-electron chi connectivity index (χ0n) is 7.84. The number of halogens is 3. The van der Waals surface area contributed by atoms with Crippen molar-refractivity contribution >= 4 is 15.8 Å². The summed E-state index contributed by atoms with van der Waals surface area (Å²) in [5.41, 5.74) is -0.448. The number of benzene rings is 1. The third-order valence-electron chi connectivity index (χ3n) is 1.54. The van der Waals surface area contributed by atoms with Gasteiger partial charge in [0.2, 0.25) is 0 Å². The largest absolute Gasteiger partial charge is 0.537 e. The van der Waals surface area contributed by atoms with Crippen molar-refractivity contribution in [3.05, 3.63) is 34.4 Å². The first-order valence-electron chi connectivity index (χ1n) is 3.89. The van der Waals surface area contributed by atoms with Crippen LogP contribution in [0.15, 0.2) is 29.2 Å². The summed E-state index contributed by atoms with van der Waals surface area (Å²) in [7, 11) is -5.01. The fraction of sp³-hybridized carbons (Fsp3) is 0.143. The predicted octanol–water partition coefficient (Wildman–Crippen LogP) is 1.82. The number of hydrogen-bond acceptors (Lipinski definition) is 5. The molecule has 0 radical (unpaired) electrons. The Bertz CT molecular complexity index is 521. The van der Waals surface area contributed by atoms with Gasteiger partial charge in [-0.15, -0.1) is 13.2 Å². The molecule has 0 aliphatic heterocycles. The van der Waals surface area contributed by atoms with Gasteiger partial charge in [0.15, 0.2) is 0 Å². The average molecular weight is 271 g/mol. The van der Waals surface area contributed by atoms with Gasteiger partial charge in [-0.2, -0.15) is 12.6 Å². The van der Waals surface area contributed by atoms with E-state index < -0.39 is 32.0 Å². The van der Waals surface area contributed by atoms with Crippen LogP contribution in [0.5, 0.6) is 0 Å². The SMILES string of the molecule is O=[N+]([O-])c1ccc(S(=O)(=O)OC(F)(F)F)cc1. The van der Waals surface area contributed by atoms with Crippen LogP contribution in [0.2, 0.25) is 0 Å². The lowest BCUT2D eigenvalue weighted by atomic mass is 10.3. The van der Waals surface area contributed by atoms with Crippen LogP contribution in [-0.2, 0) is 14.3 Å². The van der Waals surface area contributed by atoms with Gasteiger partial charge in [-0.3, -0.25) is 10.1 Å². The molecular weight excluding hydrogens is 267 g/mol. The van der Waals surface area contributed by atoms with Gasteiger partial charge in [-0.05, 0) is 12.1 Å². The van der Waals surface area contributed by atoms with E-state index in [0.29, 0.717) is 12.1 Å². The Morgan fingerprint density at radius 3 is 2.00 bits per heavy atom. The van der Waals surface area contributed by atoms with Gasteiger partial charge in [0.25, 0.3) is 5.69 Å². The summed E-state index contributed by atoms with van der Waals surface area (Å²) < 4.78 is 60.2. The maximum atomic E-state index is 11.7. The molecule has 0 aliphatic carbocycles. The lowest BCUT2D eigenvalue weighted by molar-refractivity contribution is -0.384. The van der Waals surface area contributed by atoms with Crippen LogP contribution in [0, 0.1) is 10.1 Å². The van der Waals surface area contributed by atoms with E-state index in [0.717, 1.165) is 12.1 Å². The normalized spacial score (nSPS) is 12.4. The number of alkyl halides is 3. The topological polar surface area (TPSA) is 86.5 Å². The van der Waals surface area contributed by atoms with E-state index >= 15 is 0 Å². The summed E-state index contributed by atoms with van der Waals surface area (Å²) >= 11 is 0. The lowest BCUT2D eigenvalue weighted by Crippen LogP contribution is -2.19. The van der Waals surface area contributed by atoms with Gasteiger partial charge in [0.1, 0.15) is 0 Å². The maximum absolute atomic E-state index is 11.7. The second kappa shape index (κ2) is 4.30. The number of hydrogen-bond donors (Lipinski definition) is 0. The maximum Gasteiger partial charge on any atom is 0.537 e. The van der Waals surface area contributed by atoms with Crippen LogP contribution < -0.4 is 0 Å². The highest BCUT2D eigenvalue weighted by Crippen LogP contribution is 2.25. The molecule has 6 nitrogen and oxygen atoms in total. The molecule has 17 heavy (non-hydrogen) atoms. The van der Waals surface area contributed by atoms with Crippen LogP contribution in [0.1, 0.15) is 0 Å². The van der Waals surface area contributed by atoms with Gasteiger partial charge in [0, 0.05) is 12.1 Å². The molecule has 94 valence electrons. The summed E-state index contributed by atoms with van der Waals surface area (Å²) in [6.07, 6.45) is -5.35. The molecule has 0 saturated carbocycles. The second-order valence-corrected chi connectivity index (χ2v) is 4.28. The van der Waals surface area contributed by atoms with E-state index in [9.17, 15) is 31.7 Å². The van der Waals surface area contributed by atoms with E-state index in [-0.39, 0.29) is 0 Å². The Kier molecular flexibility index (Phi) is 3.38. The molecule has 0 fully saturated rings. The molecular formula is C7H4F3NO5S. The Hall–Kier alpha value is -1.68. The van der Waals surface area contributed by atoms with Gasteiger partial charge in [-0.1, -0.05) is 0 Å². The zero-order valence-corrected chi connectivity index (χ0v) is 8.66. The molecule has 0 heterocycles. The third-order valence-corrected chi connectivity index (χ3v) is 2.80. The highest BCUT2D eigenvalue weighted by molar-refractivity contribution is 7.86. The number of nitrogens with zero attached hydrogens (tertiary/aromatic N) is 1. The minimum atomic E-state index is -5.35. The van der Waals surface area contributed by atoms with E-state index in [1.807, 2.05) is 0 Å². The molecule has 0 saturated heterocycles. The van der Waals surface area contributed by atoms with Gasteiger partial charge in [0.05, 0.1) is 9.82 Å². The van der Waals surface area contributed by atoms with Crippen molar-refractivity contribution in [3.63, 3.8) is 0 Å². The van der Waals surface area contributed by atoms with Crippen molar-refractivity contribution in [1.82, 2.24) is 0 Å². The van der Waals surface area contributed by atoms with Crippen molar-refractivity contribution in [2.24, 2.45) is 0 Å². The van der Waals surface area contributed by atoms with E-state index in [4.69, 9.17) is 0 Å².